The highest BCUT2D eigenvalue weighted by Gasteiger charge is 2.10. The number of nitrogens with one attached hydrogen (secondary N) is 1. The summed E-state index contributed by atoms with van der Waals surface area (Å²) in [5, 5.41) is 4.56. The smallest absolute Gasteiger partial charge is 0.387 e. The van der Waals surface area contributed by atoms with Crippen molar-refractivity contribution in [3.63, 3.8) is 0 Å². The first-order valence-corrected chi connectivity index (χ1v) is 8.29. The Balaban J connectivity index is 1.66. The number of benzene rings is 1. The number of halogens is 2. The number of hydrogen-bond donors (Lipinski definition) is 1. The molecule has 1 N–H and O–H groups in total. The van der Waals surface area contributed by atoms with Gasteiger partial charge in [0, 0.05) is 19.4 Å². The van der Waals surface area contributed by atoms with E-state index >= 15 is 0 Å². The fourth-order valence-corrected chi connectivity index (χ4v) is 2.75. The lowest BCUT2D eigenvalue weighted by Gasteiger charge is -2.07. The molecule has 2 aromatic rings. The second-order valence-electron chi connectivity index (χ2n) is 5.02. The molecule has 0 aliphatic carbocycles. The first-order valence-electron chi connectivity index (χ1n) is 7.42. The molecule has 4 nitrogen and oxygen atoms in total. The van der Waals surface area contributed by atoms with Crippen LogP contribution in [-0.4, -0.2) is 24.8 Å². The van der Waals surface area contributed by atoms with E-state index in [0.717, 1.165) is 5.56 Å². The molecule has 0 unspecified atom stereocenters. The molecule has 1 amide bonds. The molecule has 0 fully saturated rings. The normalized spacial score (nSPS) is 10.6. The molecule has 0 radical (unpaired) electrons. The Morgan fingerprint density at radius 3 is 2.50 bits per heavy atom. The van der Waals surface area contributed by atoms with Crippen LogP contribution >= 0.6 is 11.3 Å². The maximum absolute atomic E-state index is 12.0. The van der Waals surface area contributed by atoms with Crippen LogP contribution < -0.4 is 10.1 Å². The number of Topliss-reactive ketones (excluding diaryl/α,β-unsaturated/α-hetero) is 1. The zero-order chi connectivity index (χ0) is 17.4. The molecule has 0 spiro atoms. The summed E-state index contributed by atoms with van der Waals surface area (Å²) in [6.07, 6.45) is 0.906. The van der Waals surface area contributed by atoms with Gasteiger partial charge in [-0.05, 0) is 35.6 Å². The van der Waals surface area contributed by atoms with E-state index in [-0.39, 0.29) is 30.3 Å². The van der Waals surface area contributed by atoms with Gasteiger partial charge in [0.05, 0.1) is 4.88 Å². The highest BCUT2D eigenvalue weighted by molar-refractivity contribution is 7.12. The monoisotopic (exact) mass is 353 g/mol. The van der Waals surface area contributed by atoms with E-state index in [0.29, 0.717) is 17.8 Å². The number of thiophene rings is 1. The van der Waals surface area contributed by atoms with Gasteiger partial charge in [-0.25, -0.2) is 0 Å². The summed E-state index contributed by atoms with van der Waals surface area (Å²) in [6, 6.07) is 9.81. The Kier molecular flexibility index (Phi) is 6.87. The van der Waals surface area contributed by atoms with Gasteiger partial charge in [-0.3, -0.25) is 9.59 Å². The van der Waals surface area contributed by atoms with Gasteiger partial charge in [-0.2, -0.15) is 8.78 Å². The summed E-state index contributed by atoms with van der Waals surface area (Å²) in [4.78, 5) is 24.2. The molecule has 24 heavy (non-hydrogen) atoms. The number of ether oxygens (including phenoxy) is 1. The SMILES string of the molecule is O=C(CCC(=O)c1cccs1)NCCc1ccc(OC(F)F)cc1. The van der Waals surface area contributed by atoms with Crippen molar-refractivity contribution in [1.82, 2.24) is 5.32 Å². The van der Waals surface area contributed by atoms with Crippen LogP contribution in [0.5, 0.6) is 5.75 Å². The number of carbonyl (C=O) groups is 2. The lowest BCUT2D eigenvalue weighted by Crippen LogP contribution is -2.26. The first-order chi connectivity index (χ1) is 11.5. The minimum absolute atomic E-state index is 0.0326. The van der Waals surface area contributed by atoms with Crippen molar-refractivity contribution in [3.8, 4) is 5.75 Å². The van der Waals surface area contributed by atoms with Crippen molar-refractivity contribution in [2.24, 2.45) is 0 Å². The summed E-state index contributed by atoms with van der Waals surface area (Å²) in [6.45, 7) is -2.42. The molecule has 128 valence electrons. The third kappa shape index (κ3) is 6.08. The standard InChI is InChI=1S/C17H17F2NO3S/c18-17(19)23-13-5-3-12(4-6-13)9-10-20-16(22)8-7-14(21)15-2-1-11-24-15/h1-6,11,17H,7-10H2,(H,20,22). The molecule has 1 aromatic heterocycles. The highest BCUT2D eigenvalue weighted by atomic mass is 32.1. The lowest BCUT2D eigenvalue weighted by atomic mass is 10.1. The maximum atomic E-state index is 12.0. The van der Waals surface area contributed by atoms with Gasteiger partial charge in [0.1, 0.15) is 5.75 Å². The van der Waals surface area contributed by atoms with Crippen molar-refractivity contribution in [2.45, 2.75) is 25.9 Å². The van der Waals surface area contributed by atoms with Gasteiger partial charge >= 0.3 is 6.61 Å². The molecule has 0 bridgehead atoms. The summed E-state index contributed by atoms with van der Waals surface area (Å²) in [5.41, 5.74) is 0.895. The Hall–Kier alpha value is -2.28. The fourth-order valence-electron chi connectivity index (χ4n) is 2.06. The molecule has 0 aliphatic heterocycles. The van der Waals surface area contributed by atoms with Crippen LogP contribution in [0.15, 0.2) is 41.8 Å². The minimum Gasteiger partial charge on any atom is -0.435 e. The maximum Gasteiger partial charge on any atom is 0.387 e. The second-order valence-corrected chi connectivity index (χ2v) is 5.97. The first kappa shape index (κ1) is 18.1. The van der Waals surface area contributed by atoms with Crippen LogP contribution in [0.4, 0.5) is 8.78 Å². The molecule has 0 aliphatic rings. The van der Waals surface area contributed by atoms with Crippen LogP contribution in [0.3, 0.4) is 0 Å². The third-order valence-electron chi connectivity index (χ3n) is 3.26. The van der Waals surface area contributed by atoms with Gasteiger partial charge in [-0.1, -0.05) is 18.2 Å². The van der Waals surface area contributed by atoms with Gasteiger partial charge < -0.3 is 10.1 Å². The van der Waals surface area contributed by atoms with E-state index in [1.54, 1.807) is 24.3 Å². The van der Waals surface area contributed by atoms with Gasteiger partial charge in [-0.15, -0.1) is 11.3 Å². The highest BCUT2D eigenvalue weighted by Crippen LogP contribution is 2.15. The van der Waals surface area contributed by atoms with Gasteiger partial charge in [0.2, 0.25) is 5.91 Å². The predicted molar refractivity (Wildman–Crippen MR) is 87.7 cm³/mol. The van der Waals surface area contributed by atoms with E-state index in [4.69, 9.17) is 0 Å². The fraction of sp³-hybridized carbons (Fsp3) is 0.294. The summed E-state index contributed by atoms with van der Waals surface area (Å²) < 4.78 is 28.3. The molecule has 1 aromatic carbocycles. The molecule has 1 heterocycles. The quantitative estimate of drug-likeness (QED) is 0.700. The Bertz CT molecular complexity index is 657. The zero-order valence-corrected chi connectivity index (χ0v) is 13.7. The van der Waals surface area contributed by atoms with Crippen LogP contribution in [-0.2, 0) is 11.2 Å². The van der Waals surface area contributed by atoms with Crippen LogP contribution in [0.25, 0.3) is 0 Å². The largest absolute Gasteiger partial charge is 0.435 e. The van der Waals surface area contributed by atoms with E-state index in [1.165, 1.54) is 23.5 Å². The Labute approximate surface area is 142 Å². The summed E-state index contributed by atoms with van der Waals surface area (Å²) in [5.74, 6) is -0.114. The second kappa shape index (κ2) is 9.12. The Morgan fingerprint density at radius 2 is 1.88 bits per heavy atom. The van der Waals surface area contributed by atoms with Crippen LogP contribution in [0, 0.1) is 0 Å². The predicted octanol–water partition coefficient (Wildman–Crippen LogP) is 3.67. The summed E-state index contributed by atoms with van der Waals surface area (Å²) in [7, 11) is 0. The van der Waals surface area contributed by atoms with Crippen molar-refractivity contribution in [3.05, 3.63) is 52.2 Å². The molecule has 0 atom stereocenters. The van der Waals surface area contributed by atoms with Crippen molar-refractivity contribution >= 4 is 23.0 Å². The zero-order valence-electron chi connectivity index (χ0n) is 12.8. The molecular weight excluding hydrogens is 336 g/mol. The number of rotatable bonds is 9. The number of hydrogen-bond acceptors (Lipinski definition) is 4. The molecule has 0 saturated carbocycles. The minimum atomic E-state index is -2.84. The topological polar surface area (TPSA) is 55.4 Å². The van der Waals surface area contributed by atoms with Gasteiger partial charge in [0.25, 0.3) is 0 Å². The average Bonchev–Trinajstić information content (AvgIpc) is 3.08. The number of carbonyl (C=O) groups excluding carboxylic acids is 2. The van der Waals surface area contributed by atoms with Crippen LogP contribution in [0.2, 0.25) is 0 Å². The molecule has 2 rings (SSSR count). The third-order valence-corrected chi connectivity index (χ3v) is 4.17. The van der Waals surface area contributed by atoms with Crippen LogP contribution in [0.1, 0.15) is 28.1 Å². The van der Waals surface area contributed by atoms with E-state index in [9.17, 15) is 18.4 Å². The number of alkyl halides is 2. The number of ketones is 1. The lowest BCUT2D eigenvalue weighted by molar-refractivity contribution is -0.121. The molecule has 0 saturated heterocycles. The summed E-state index contributed by atoms with van der Waals surface area (Å²) >= 11 is 1.36. The average molecular weight is 353 g/mol. The number of amides is 1. The van der Waals surface area contributed by atoms with Gasteiger partial charge in [0.15, 0.2) is 5.78 Å². The Morgan fingerprint density at radius 1 is 1.12 bits per heavy atom. The molecular formula is C17H17F2NO3S. The van der Waals surface area contributed by atoms with E-state index < -0.39 is 6.61 Å². The van der Waals surface area contributed by atoms with E-state index in [2.05, 4.69) is 10.1 Å². The van der Waals surface area contributed by atoms with Crippen molar-refractivity contribution < 1.29 is 23.1 Å². The molecule has 7 heteroatoms. The van der Waals surface area contributed by atoms with Crippen molar-refractivity contribution in [2.75, 3.05) is 6.54 Å². The van der Waals surface area contributed by atoms with Crippen molar-refractivity contribution in [1.29, 1.82) is 0 Å². The van der Waals surface area contributed by atoms with E-state index in [1.807, 2.05) is 5.38 Å².